The highest BCUT2D eigenvalue weighted by Gasteiger charge is 2.46. The van der Waals surface area contributed by atoms with Gasteiger partial charge < -0.3 is 19.9 Å². The summed E-state index contributed by atoms with van der Waals surface area (Å²) in [5, 5.41) is 0. The maximum absolute atomic E-state index is 12.7. The van der Waals surface area contributed by atoms with Crippen molar-refractivity contribution < 1.29 is 9.59 Å². The van der Waals surface area contributed by atoms with Crippen LogP contribution in [0.5, 0.6) is 0 Å². The minimum Gasteiger partial charge on any atom is -0.351 e. The molecule has 6 nitrogen and oxygen atoms in total. The number of nitrogens with two attached hydrogens (primary N) is 1. The van der Waals surface area contributed by atoms with Crippen LogP contribution in [0, 0.1) is 0 Å². The van der Waals surface area contributed by atoms with Gasteiger partial charge in [-0.3, -0.25) is 4.79 Å². The molecule has 2 N–H and O–H groups in total. The Morgan fingerprint density at radius 3 is 2.55 bits per heavy atom. The zero-order valence-corrected chi connectivity index (χ0v) is 13.4. The van der Waals surface area contributed by atoms with Crippen molar-refractivity contribution in [2.24, 2.45) is 5.73 Å². The number of nitrogens with zero attached hydrogens (tertiary/aromatic N) is 3. The second-order valence-corrected chi connectivity index (χ2v) is 6.82. The van der Waals surface area contributed by atoms with Crippen molar-refractivity contribution in [2.75, 3.05) is 13.1 Å². The molecule has 7 heteroatoms. The van der Waals surface area contributed by atoms with Crippen molar-refractivity contribution in [3.63, 3.8) is 0 Å². The van der Waals surface area contributed by atoms with E-state index in [-0.39, 0.29) is 24.0 Å². The zero-order valence-electron chi connectivity index (χ0n) is 11.8. The molecule has 4 heterocycles. The van der Waals surface area contributed by atoms with E-state index in [4.69, 9.17) is 5.73 Å². The van der Waals surface area contributed by atoms with Crippen molar-refractivity contribution >= 4 is 33.4 Å². The molecule has 2 saturated heterocycles. The van der Waals surface area contributed by atoms with Gasteiger partial charge >= 0.3 is 6.03 Å². The minimum atomic E-state index is -0.390. The molecule has 4 rings (SSSR count). The molecule has 2 aliphatic heterocycles. The van der Waals surface area contributed by atoms with Crippen LogP contribution < -0.4 is 5.73 Å². The van der Waals surface area contributed by atoms with Gasteiger partial charge in [0.25, 0.3) is 5.91 Å². The maximum atomic E-state index is 12.7. The van der Waals surface area contributed by atoms with Crippen LogP contribution in [-0.4, -0.2) is 51.3 Å². The van der Waals surface area contributed by atoms with Crippen molar-refractivity contribution in [1.82, 2.24) is 14.2 Å². The number of primary amides is 1. The highest BCUT2D eigenvalue weighted by atomic mass is 79.9. The fraction of sp³-hybridized carbons (Fsp3) is 0.333. The van der Waals surface area contributed by atoms with Crippen LogP contribution in [0.3, 0.4) is 0 Å². The number of halogens is 1. The predicted octanol–water partition coefficient (Wildman–Crippen LogP) is 1.68. The van der Waals surface area contributed by atoms with Gasteiger partial charge in [0.1, 0.15) is 0 Å². The first-order chi connectivity index (χ1) is 10.5. The molecule has 22 heavy (non-hydrogen) atoms. The SMILES string of the molecule is NC(=O)N1C[C@@H]2C[C@H]1CN2C(=O)c1cc2ccc(Br)cn2c1. The van der Waals surface area contributed by atoms with Crippen LogP contribution in [0.15, 0.2) is 35.1 Å². The van der Waals surface area contributed by atoms with E-state index < -0.39 is 0 Å². The Kier molecular flexibility index (Phi) is 2.94. The van der Waals surface area contributed by atoms with E-state index in [0.717, 1.165) is 16.4 Å². The number of carbonyl (C=O) groups is 2. The van der Waals surface area contributed by atoms with Gasteiger partial charge in [0.15, 0.2) is 0 Å². The lowest BCUT2D eigenvalue weighted by Crippen LogP contribution is -2.52. The normalized spacial score (nSPS) is 23.5. The Hall–Kier alpha value is -2.02. The van der Waals surface area contributed by atoms with E-state index >= 15 is 0 Å². The van der Waals surface area contributed by atoms with Crippen LogP contribution in [0.4, 0.5) is 4.79 Å². The van der Waals surface area contributed by atoms with Crippen LogP contribution in [-0.2, 0) is 0 Å². The highest BCUT2D eigenvalue weighted by molar-refractivity contribution is 9.10. The average Bonchev–Trinajstić information content (AvgIpc) is 3.18. The summed E-state index contributed by atoms with van der Waals surface area (Å²) < 4.78 is 2.90. The van der Waals surface area contributed by atoms with Gasteiger partial charge in [-0.1, -0.05) is 0 Å². The smallest absolute Gasteiger partial charge is 0.315 e. The third-order valence-corrected chi connectivity index (χ3v) is 5.06. The summed E-state index contributed by atoms with van der Waals surface area (Å²) in [5.41, 5.74) is 7.02. The molecule has 2 aliphatic rings. The van der Waals surface area contributed by atoms with E-state index in [1.807, 2.05) is 39.9 Å². The predicted molar refractivity (Wildman–Crippen MR) is 84.6 cm³/mol. The number of rotatable bonds is 1. The molecule has 3 amide bonds. The number of urea groups is 1. The second kappa shape index (κ2) is 4.74. The van der Waals surface area contributed by atoms with Gasteiger partial charge in [-0.2, -0.15) is 0 Å². The largest absolute Gasteiger partial charge is 0.351 e. The average molecular weight is 363 g/mol. The molecule has 2 bridgehead atoms. The molecular formula is C15H15BrN4O2. The number of aromatic nitrogens is 1. The van der Waals surface area contributed by atoms with Gasteiger partial charge in [-0.05, 0) is 40.5 Å². The molecule has 0 spiro atoms. The minimum absolute atomic E-state index is 0.0245. The van der Waals surface area contributed by atoms with Gasteiger partial charge in [-0.15, -0.1) is 0 Å². The zero-order chi connectivity index (χ0) is 15.4. The number of likely N-dealkylation sites (tertiary alicyclic amines) is 2. The molecule has 114 valence electrons. The molecule has 0 unspecified atom stereocenters. The highest BCUT2D eigenvalue weighted by Crippen LogP contribution is 2.31. The number of pyridine rings is 1. The van der Waals surface area contributed by atoms with Gasteiger partial charge in [-0.25, -0.2) is 4.79 Å². The summed E-state index contributed by atoms with van der Waals surface area (Å²) in [6.45, 7) is 1.12. The lowest BCUT2D eigenvalue weighted by Gasteiger charge is -2.33. The fourth-order valence-corrected chi connectivity index (χ4v) is 3.90. The standard InChI is InChI=1S/C15H15BrN4O2/c16-10-1-2-11-3-9(5-18(11)6-10)14(21)19-7-13-4-12(19)8-20(13)15(17)22/h1-3,5-6,12-13H,4,7-8H2,(H2,17,22)/t12-,13-/m0/s1. The Bertz CT molecular complexity index is 787. The summed E-state index contributed by atoms with van der Waals surface area (Å²) in [7, 11) is 0. The van der Waals surface area contributed by atoms with E-state index in [1.54, 1.807) is 4.90 Å². The molecule has 2 fully saturated rings. The first kappa shape index (κ1) is 13.6. The Balaban J connectivity index is 1.59. The van der Waals surface area contributed by atoms with Crippen molar-refractivity contribution in [3.05, 3.63) is 40.6 Å². The second-order valence-electron chi connectivity index (χ2n) is 5.90. The van der Waals surface area contributed by atoms with E-state index in [2.05, 4.69) is 15.9 Å². The van der Waals surface area contributed by atoms with Gasteiger partial charge in [0, 0.05) is 35.5 Å². The van der Waals surface area contributed by atoms with Crippen LogP contribution in [0.2, 0.25) is 0 Å². The molecule has 2 atom stereocenters. The number of hydrogen-bond donors (Lipinski definition) is 1. The third-order valence-electron chi connectivity index (χ3n) is 4.59. The summed E-state index contributed by atoms with van der Waals surface area (Å²) in [6, 6.07) is 5.57. The third kappa shape index (κ3) is 1.99. The number of hydrogen-bond acceptors (Lipinski definition) is 2. The molecule has 0 radical (unpaired) electrons. The van der Waals surface area contributed by atoms with Gasteiger partial charge in [0.05, 0.1) is 17.6 Å². The van der Waals surface area contributed by atoms with Crippen LogP contribution in [0.1, 0.15) is 16.8 Å². The number of fused-ring (bicyclic) bond motifs is 3. The first-order valence-electron chi connectivity index (χ1n) is 7.17. The Morgan fingerprint density at radius 1 is 1.14 bits per heavy atom. The quantitative estimate of drug-likeness (QED) is 0.838. The molecule has 0 saturated carbocycles. The fourth-order valence-electron chi connectivity index (χ4n) is 3.55. The summed E-state index contributed by atoms with van der Waals surface area (Å²) in [4.78, 5) is 27.6. The first-order valence-corrected chi connectivity index (χ1v) is 7.96. The molecule has 2 aromatic heterocycles. The van der Waals surface area contributed by atoms with E-state index in [9.17, 15) is 9.59 Å². The monoisotopic (exact) mass is 362 g/mol. The summed E-state index contributed by atoms with van der Waals surface area (Å²) in [6.07, 6.45) is 4.60. The number of amides is 3. The maximum Gasteiger partial charge on any atom is 0.315 e. The summed E-state index contributed by atoms with van der Waals surface area (Å²) >= 11 is 3.43. The van der Waals surface area contributed by atoms with Crippen LogP contribution in [0.25, 0.3) is 5.52 Å². The van der Waals surface area contributed by atoms with E-state index in [1.165, 1.54) is 0 Å². The van der Waals surface area contributed by atoms with E-state index in [0.29, 0.717) is 18.7 Å². The summed E-state index contributed by atoms with van der Waals surface area (Å²) in [5.74, 6) is 0.0245. The van der Waals surface area contributed by atoms with Crippen molar-refractivity contribution in [2.45, 2.75) is 18.5 Å². The molecule has 2 aromatic rings. The Morgan fingerprint density at radius 2 is 1.86 bits per heavy atom. The Labute approximate surface area is 135 Å². The number of piperazine rings is 1. The van der Waals surface area contributed by atoms with Crippen molar-refractivity contribution in [1.29, 1.82) is 0 Å². The lowest BCUT2D eigenvalue weighted by atomic mass is 10.2. The van der Waals surface area contributed by atoms with Gasteiger partial charge in [0.2, 0.25) is 0 Å². The van der Waals surface area contributed by atoms with Crippen molar-refractivity contribution in [3.8, 4) is 0 Å². The molecule has 0 aliphatic carbocycles. The molecule has 0 aromatic carbocycles. The topological polar surface area (TPSA) is 71.1 Å². The van der Waals surface area contributed by atoms with Crippen LogP contribution >= 0.6 is 15.9 Å². The lowest BCUT2D eigenvalue weighted by molar-refractivity contribution is 0.0656. The molecular weight excluding hydrogens is 348 g/mol. The number of carbonyl (C=O) groups excluding carboxylic acids is 2.